The highest BCUT2D eigenvalue weighted by Gasteiger charge is 2.49. The zero-order chi connectivity index (χ0) is 15.8. The fourth-order valence-electron chi connectivity index (χ4n) is 2.32. The molecule has 0 spiro atoms. The summed E-state index contributed by atoms with van der Waals surface area (Å²) in [6.45, 7) is 14.2. The van der Waals surface area contributed by atoms with Crippen molar-refractivity contribution in [1.29, 1.82) is 0 Å². The van der Waals surface area contributed by atoms with Crippen LogP contribution in [0.4, 0.5) is 4.79 Å². The third-order valence-electron chi connectivity index (χ3n) is 3.79. The van der Waals surface area contributed by atoms with Gasteiger partial charge in [0.25, 0.3) is 6.29 Å². The molecule has 1 aliphatic rings. The van der Waals surface area contributed by atoms with Gasteiger partial charge in [-0.3, -0.25) is 4.79 Å². The molecular weight excluding hydrogens is 260 g/mol. The molecule has 1 saturated heterocycles. The monoisotopic (exact) mass is 286 g/mol. The van der Waals surface area contributed by atoms with Crippen LogP contribution in [0.5, 0.6) is 0 Å². The van der Waals surface area contributed by atoms with Crippen molar-refractivity contribution in [2.75, 3.05) is 6.61 Å². The van der Waals surface area contributed by atoms with E-state index in [1.807, 2.05) is 27.7 Å². The summed E-state index contributed by atoms with van der Waals surface area (Å²) >= 11 is 0. The van der Waals surface area contributed by atoms with Gasteiger partial charge in [-0.25, -0.2) is 4.79 Å². The molecule has 0 aromatic heterocycles. The largest absolute Gasteiger partial charge is 0.511 e. The average Bonchev–Trinajstić information content (AvgIpc) is 2.59. The molecule has 0 bridgehead atoms. The predicted molar refractivity (Wildman–Crippen MR) is 73.9 cm³/mol. The summed E-state index contributed by atoms with van der Waals surface area (Å²) in [5.74, 6) is -0.358. The van der Waals surface area contributed by atoms with E-state index in [0.29, 0.717) is 6.42 Å². The van der Waals surface area contributed by atoms with E-state index >= 15 is 0 Å². The number of hydrogen-bond donors (Lipinski definition) is 0. The molecule has 2 unspecified atom stereocenters. The molecule has 2 atom stereocenters. The van der Waals surface area contributed by atoms with Gasteiger partial charge in [-0.15, -0.1) is 0 Å². The second-order valence-electron chi connectivity index (χ2n) is 7.83. The highest BCUT2D eigenvalue weighted by Crippen LogP contribution is 2.47. The van der Waals surface area contributed by atoms with Crippen LogP contribution in [0, 0.1) is 16.2 Å². The summed E-state index contributed by atoms with van der Waals surface area (Å²) in [5, 5.41) is 0. The van der Waals surface area contributed by atoms with Crippen molar-refractivity contribution in [3.05, 3.63) is 0 Å². The van der Waals surface area contributed by atoms with E-state index in [2.05, 4.69) is 25.5 Å². The molecule has 1 heterocycles. The van der Waals surface area contributed by atoms with Crippen LogP contribution in [0.3, 0.4) is 0 Å². The van der Waals surface area contributed by atoms with Crippen molar-refractivity contribution < 1.29 is 23.8 Å². The third kappa shape index (κ3) is 3.87. The Kier molecular flexibility index (Phi) is 4.42. The van der Waals surface area contributed by atoms with Gasteiger partial charge in [0.05, 0.1) is 5.41 Å². The Balaban J connectivity index is 2.88. The van der Waals surface area contributed by atoms with Gasteiger partial charge < -0.3 is 14.2 Å². The molecule has 1 aliphatic heterocycles. The Morgan fingerprint density at radius 1 is 1.20 bits per heavy atom. The van der Waals surface area contributed by atoms with E-state index < -0.39 is 17.9 Å². The van der Waals surface area contributed by atoms with Crippen LogP contribution in [0.15, 0.2) is 0 Å². The van der Waals surface area contributed by atoms with Gasteiger partial charge in [-0.2, -0.15) is 0 Å². The molecule has 1 fully saturated rings. The molecule has 0 N–H and O–H groups in total. The summed E-state index contributed by atoms with van der Waals surface area (Å²) in [6.07, 6.45) is -1.06. The number of carbonyl (C=O) groups excluding carboxylic acids is 2. The summed E-state index contributed by atoms with van der Waals surface area (Å²) in [7, 11) is 0. The van der Waals surface area contributed by atoms with Gasteiger partial charge in [0.1, 0.15) is 0 Å². The summed E-state index contributed by atoms with van der Waals surface area (Å²) < 4.78 is 14.7. The maximum absolute atomic E-state index is 12.6. The lowest BCUT2D eigenvalue weighted by Crippen LogP contribution is -2.45. The Labute approximate surface area is 121 Å². The van der Waals surface area contributed by atoms with Crippen LogP contribution in [-0.4, -0.2) is 25.0 Å². The highest BCUT2D eigenvalue weighted by molar-refractivity contribution is 5.78. The van der Waals surface area contributed by atoms with Crippen LogP contribution in [0.2, 0.25) is 0 Å². The molecule has 116 valence electrons. The molecule has 0 amide bonds. The lowest BCUT2D eigenvalue weighted by Gasteiger charge is -2.43. The molecule has 0 aliphatic carbocycles. The number of rotatable bonds is 3. The van der Waals surface area contributed by atoms with Gasteiger partial charge in [0.15, 0.2) is 6.61 Å². The fourth-order valence-corrected chi connectivity index (χ4v) is 2.32. The molecule has 0 aromatic rings. The van der Waals surface area contributed by atoms with Crippen LogP contribution >= 0.6 is 0 Å². The van der Waals surface area contributed by atoms with Crippen LogP contribution in [0.25, 0.3) is 0 Å². The zero-order valence-electron chi connectivity index (χ0n) is 13.5. The van der Waals surface area contributed by atoms with Gasteiger partial charge in [-0.1, -0.05) is 41.5 Å². The molecule has 1 rings (SSSR count). The SMILES string of the molecule is CC(C)(C)CC(C)(C(=O)OC1COC(=O)O1)C(C)(C)C. The molecule has 5 heteroatoms. The van der Waals surface area contributed by atoms with Crippen molar-refractivity contribution in [2.24, 2.45) is 16.2 Å². The Morgan fingerprint density at radius 3 is 2.10 bits per heavy atom. The first-order valence-electron chi connectivity index (χ1n) is 6.90. The molecule has 0 aromatic carbocycles. The van der Waals surface area contributed by atoms with E-state index in [1.165, 1.54) is 0 Å². The molecule has 5 nitrogen and oxygen atoms in total. The Morgan fingerprint density at radius 2 is 1.75 bits per heavy atom. The summed E-state index contributed by atoms with van der Waals surface area (Å²) in [5.41, 5.74) is -0.981. The summed E-state index contributed by atoms with van der Waals surface area (Å²) in [6, 6.07) is 0. The Bertz CT molecular complexity index is 388. The molecule has 0 saturated carbocycles. The normalized spacial score (nSPS) is 22.8. The predicted octanol–water partition coefficient (Wildman–Crippen LogP) is 3.51. The maximum Gasteiger partial charge on any atom is 0.511 e. The smallest absolute Gasteiger partial charge is 0.426 e. The standard InChI is InChI=1S/C15H26O5/c1-13(2,3)9-15(7,14(4,5)6)11(16)19-10-8-18-12(17)20-10/h10H,8-9H2,1-7H3. The van der Waals surface area contributed by atoms with Crippen molar-refractivity contribution in [2.45, 2.75) is 61.2 Å². The molecule has 20 heavy (non-hydrogen) atoms. The number of cyclic esters (lactones) is 2. The van der Waals surface area contributed by atoms with Crippen molar-refractivity contribution in [3.8, 4) is 0 Å². The van der Waals surface area contributed by atoms with Crippen LogP contribution in [-0.2, 0) is 19.0 Å². The number of hydrogen-bond acceptors (Lipinski definition) is 5. The van der Waals surface area contributed by atoms with E-state index in [9.17, 15) is 9.59 Å². The highest BCUT2D eigenvalue weighted by atomic mass is 16.8. The van der Waals surface area contributed by atoms with E-state index in [0.717, 1.165) is 0 Å². The van der Waals surface area contributed by atoms with E-state index in [-0.39, 0.29) is 23.4 Å². The first kappa shape index (κ1) is 16.8. The van der Waals surface area contributed by atoms with Crippen molar-refractivity contribution in [1.82, 2.24) is 0 Å². The first-order chi connectivity index (χ1) is 8.85. The zero-order valence-corrected chi connectivity index (χ0v) is 13.5. The van der Waals surface area contributed by atoms with Gasteiger partial charge >= 0.3 is 12.1 Å². The third-order valence-corrected chi connectivity index (χ3v) is 3.79. The number of ether oxygens (including phenoxy) is 3. The van der Waals surface area contributed by atoms with Crippen LogP contribution < -0.4 is 0 Å². The summed E-state index contributed by atoms with van der Waals surface area (Å²) in [4.78, 5) is 23.5. The van der Waals surface area contributed by atoms with Crippen LogP contribution in [0.1, 0.15) is 54.9 Å². The molecular formula is C15H26O5. The van der Waals surface area contributed by atoms with Crippen molar-refractivity contribution >= 4 is 12.1 Å². The first-order valence-corrected chi connectivity index (χ1v) is 6.90. The van der Waals surface area contributed by atoms with Crippen molar-refractivity contribution in [3.63, 3.8) is 0 Å². The van der Waals surface area contributed by atoms with Gasteiger partial charge in [0, 0.05) is 0 Å². The number of esters is 1. The minimum atomic E-state index is -0.934. The fraction of sp³-hybridized carbons (Fsp3) is 0.867. The Hall–Kier alpha value is -1.26. The van der Waals surface area contributed by atoms with E-state index in [1.54, 1.807) is 0 Å². The topological polar surface area (TPSA) is 61.8 Å². The lowest BCUT2D eigenvalue weighted by atomic mass is 9.61. The lowest BCUT2D eigenvalue weighted by molar-refractivity contribution is -0.184. The van der Waals surface area contributed by atoms with E-state index in [4.69, 9.17) is 9.47 Å². The minimum Gasteiger partial charge on any atom is -0.426 e. The minimum absolute atomic E-state index is 0.0239. The second kappa shape index (κ2) is 5.26. The quantitative estimate of drug-likeness (QED) is 0.743. The van der Waals surface area contributed by atoms with Gasteiger partial charge in [0.2, 0.25) is 0 Å². The average molecular weight is 286 g/mol. The number of carbonyl (C=O) groups is 2. The molecule has 0 radical (unpaired) electrons. The van der Waals surface area contributed by atoms with Gasteiger partial charge in [-0.05, 0) is 24.2 Å². The second-order valence-corrected chi connectivity index (χ2v) is 7.83. The maximum atomic E-state index is 12.6.